The quantitative estimate of drug-likeness (QED) is 0.338. The van der Waals surface area contributed by atoms with Crippen LogP contribution in [0.15, 0.2) is 0 Å². The molecule has 6 heteroatoms. The number of halogens is 5. The molecule has 19 heavy (non-hydrogen) atoms. The van der Waals surface area contributed by atoms with Gasteiger partial charge < -0.3 is 0 Å². The Morgan fingerprint density at radius 3 is 1.79 bits per heavy atom. The Bertz CT molecular complexity index is 469. The maximum absolute atomic E-state index is 13.3. The lowest BCUT2D eigenvalue weighted by Crippen LogP contribution is -2.15. The summed E-state index contributed by atoms with van der Waals surface area (Å²) in [6.07, 6.45) is 1.12. The summed E-state index contributed by atoms with van der Waals surface area (Å²) in [7, 11) is 0. The van der Waals surface area contributed by atoms with E-state index in [4.69, 9.17) is 0 Å². The summed E-state index contributed by atoms with van der Waals surface area (Å²) < 4.78 is 65.4. The molecular formula is C13H13F5O. The molecule has 0 aliphatic rings. The first kappa shape index (κ1) is 15.6. The van der Waals surface area contributed by atoms with Gasteiger partial charge in [0.2, 0.25) is 5.82 Å². The number of ketones is 1. The topological polar surface area (TPSA) is 17.1 Å². The Hall–Kier alpha value is -1.46. The van der Waals surface area contributed by atoms with Crippen LogP contribution in [0.3, 0.4) is 0 Å². The Morgan fingerprint density at radius 1 is 0.947 bits per heavy atom. The molecule has 0 heterocycles. The molecular weight excluding hydrogens is 267 g/mol. The summed E-state index contributed by atoms with van der Waals surface area (Å²) in [5, 5.41) is 0. The second-order valence-electron chi connectivity index (χ2n) is 4.47. The first-order valence-electron chi connectivity index (χ1n) is 5.85. The van der Waals surface area contributed by atoms with Crippen LogP contribution in [0.25, 0.3) is 0 Å². The Balaban J connectivity index is 3.17. The highest BCUT2D eigenvalue weighted by molar-refractivity contribution is 5.96. The molecule has 106 valence electrons. The zero-order chi connectivity index (χ0) is 14.7. The molecule has 0 saturated heterocycles. The molecule has 1 nitrogen and oxygen atoms in total. The molecule has 0 N–H and O–H groups in total. The van der Waals surface area contributed by atoms with Crippen molar-refractivity contribution in [2.75, 3.05) is 0 Å². The minimum Gasteiger partial charge on any atom is -0.294 e. The van der Waals surface area contributed by atoms with Crippen LogP contribution >= 0.6 is 0 Å². The van der Waals surface area contributed by atoms with Gasteiger partial charge >= 0.3 is 0 Å². The third-order valence-corrected chi connectivity index (χ3v) is 2.80. The first-order chi connectivity index (χ1) is 8.81. The average Bonchev–Trinajstić information content (AvgIpc) is 2.34. The van der Waals surface area contributed by atoms with Gasteiger partial charge in [0.25, 0.3) is 0 Å². The predicted molar refractivity (Wildman–Crippen MR) is 59.3 cm³/mol. The fourth-order valence-electron chi connectivity index (χ4n) is 1.86. The van der Waals surface area contributed by atoms with Gasteiger partial charge in [-0.15, -0.1) is 0 Å². The smallest absolute Gasteiger partial charge is 0.200 e. The van der Waals surface area contributed by atoms with Crippen LogP contribution in [0.5, 0.6) is 0 Å². The molecule has 1 atom stereocenters. The molecule has 0 amide bonds. The number of hydrogen-bond acceptors (Lipinski definition) is 1. The number of Topliss-reactive ketones (excluding diaryl/α,β-unsaturated/α-hetero) is 1. The minimum atomic E-state index is -2.26. The van der Waals surface area contributed by atoms with Gasteiger partial charge in [0.15, 0.2) is 29.1 Å². The van der Waals surface area contributed by atoms with Gasteiger partial charge in [-0.2, -0.15) is 0 Å². The van der Waals surface area contributed by atoms with E-state index >= 15 is 0 Å². The first-order valence-corrected chi connectivity index (χ1v) is 5.85. The van der Waals surface area contributed by atoms with E-state index in [1.165, 1.54) is 0 Å². The van der Waals surface area contributed by atoms with Crippen molar-refractivity contribution in [2.45, 2.75) is 33.1 Å². The number of carbonyl (C=O) groups excluding carboxylic acids is 1. The van der Waals surface area contributed by atoms with Crippen molar-refractivity contribution < 1.29 is 26.7 Å². The van der Waals surface area contributed by atoms with Crippen LogP contribution in [0.1, 0.15) is 43.5 Å². The molecule has 0 bridgehead atoms. The van der Waals surface area contributed by atoms with Gasteiger partial charge in [-0.1, -0.05) is 26.7 Å². The molecule has 0 aliphatic heterocycles. The zero-order valence-corrected chi connectivity index (χ0v) is 10.5. The second kappa shape index (κ2) is 6.12. The van der Waals surface area contributed by atoms with Crippen molar-refractivity contribution in [3.05, 3.63) is 34.6 Å². The van der Waals surface area contributed by atoms with Gasteiger partial charge in [0.05, 0.1) is 5.56 Å². The molecule has 0 spiro atoms. The van der Waals surface area contributed by atoms with Crippen molar-refractivity contribution in [1.82, 2.24) is 0 Å². The van der Waals surface area contributed by atoms with Crippen molar-refractivity contribution in [3.8, 4) is 0 Å². The largest absolute Gasteiger partial charge is 0.294 e. The summed E-state index contributed by atoms with van der Waals surface area (Å²) >= 11 is 0. The average molecular weight is 280 g/mol. The van der Waals surface area contributed by atoms with E-state index in [0.29, 0.717) is 6.42 Å². The molecule has 1 unspecified atom stereocenters. The fourth-order valence-corrected chi connectivity index (χ4v) is 1.86. The van der Waals surface area contributed by atoms with E-state index in [1.807, 2.05) is 6.92 Å². The number of benzene rings is 1. The molecule has 0 fully saturated rings. The number of rotatable bonds is 5. The lowest BCUT2D eigenvalue weighted by Gasteiger charge is -2.11. The van der Waals surface area contributed by atoms with Gasteiger partial charge in [0, 0.05) is 6.42 Å². The Kier molecular flexibility index (Phi) is 5.03. The third kappa shape index (κ3) is 3.11. The van der Waals surface area contributed by atoms with E-state index in [2.05, 4.69) is 0 Å². The van der Waals surface area contributed by atoms with Crippen LogP contribution in [0.2, 0.25) is 0 Å². The van der Waals surface area contributed by atoms with Crippen molar-refractivity contribution in [1.29, 1.82) is 0 Å². The summed E-state index contributed by atoms with van der Waals surface area (Å²) in [5.74, 6) is -11.8. The molecule has 0 radical (unpaired) electrons. The SMILES string of the molecule is CCCC(C)CC(=O)c1c(F)c(F)c(F)c(F)c1F. The highest BCUT2D eigenvalue weighted by Gasteiger charge is 2.29. The Morgan fingerprint density at radius 2 is 1.37 bits per heavy atom. The summed E-state index contributed by atoms with van der Waals surface area (Å²) in [5.41, 5.74) is -1.35. The summed E-state index contributed by atoms with van der Waals surface area (Å²) in [6, 6.07) is 0. The van der Waals surface area contributed by atoms with Crippen LogP contribution in [-0.2, 0) is 0 Å². The van der Waals surface area contributed by atoms with Crippen LogP contribution < -0.4 is 0 Å². The lowest BCUT2D eigenvalue weighted by atomic mass is 9.95. The van der Waals surface area contributed by atoms with Crippen molar-refractivity contribution in [2.24, 2.45) is 5.92 Å². The standard InChI is InChI=1S/C13H13F5O/c1-3-4-6(2)5-7(19)8-9(14)11(16)13(18)12(17)10(8)15/h6H,3-5H2,1-2H3. The van der Waals surface area contributed by atoms with Crippen LogP contribution in [-0.4, -0.2) is 5.78 Å². The maximum Gasteiger partial charge on any atom is 0.200 e. The fraction of sp³-hybridized carbons (Fsp3) is 0.462. The molecule has 0 saturated carbocycles. The van der Waals surface area contributed by atoms with Gasteiger partial charge in [-0.25, -0.2) is 22.0 Å². The van der Waals surface area contributed by atoms with E-state index in [9.17, 15) is 26.7 Å². The zero-order valence-electron chi connectivity index (χ0n) is 10.5. The molecule has 1 rings (SSSR count). The highest BCUT2D eigenvalue weighted by Crippen LogP contribution is 2.25. The molecule has 1 aromatic rings. The highest BCUT2D eigenvalue weighted by atomic mass is 19.2. The minimum absolute atomic E-state index is 0.188. The molecule has 1 aromatic carbocycles. The van der Waals surface area contributed by atoms with Gasteiger partial charge in [-0.3, -0.25) is 4.79 Å². The van der Waals surface area contributed by atoms with E-state index in [-0.39, 0.29) is 12.3 Å². The monoisotopic (exact) mass is 280 g/mol. The number of hydrogen-bond donors (Lipinski definition) is 0. The van der Waals surface area contributed by atoms with E-state index in [0.717, 1.165) is 6.42 Å². The lowest BCUT2D eigenvalue weighted by molar-refractivity contribution is 0.0951. The predicted octanol–water partition coefficient (Wildman–Crippen LogP) is 4.39. The second-order valence-corrected chi connectivity index (χ2v) is 4.47. The summed E-state index contributed by atoms with van der Waals surface area (Å²) in [4.78, 5) is 11.7. The van der Waals surface area contributed by atoms with Gasteiger partial charge in [-0.05, 0) is 5.92 Å². The third-order valence-electron chi connectivity index (χ3n) is 2.80. The molecule has 0 aromatic heterocycles. The van der Waals surface area contributed by atoms with Gasteiger partial charge in [0.1, 0.15) is 0 Å². The summed E-state index contributed by atoms with van der Waals surface area (Å²) in [6.45, 7) is 3.53. The normalized spacial score (nSPS) is 12.6. The Labute approximate surface area is 107 Å². The van der Waals surface area contributed by atoms with Crippen molar-refractivity contribution >= 4 is 5.78 Å². The van der Waals surface area contributed by atoms with Crippen LogP contribution in [0, 0.1) is 35.0 Å². The van der Waals surface area contributed by atoms with Crippen LogP contribution in [0.4, 0.5) is 22.0 Å². The molecule has 0 aliphatic carbocycles. The van der Waals surface area contributed by atoms with E-state index in [1.54, 1.807) is 6.92 Å². The van der Waals surface area contributed by atoms with E-state index < -0.39 is 40.4 Å². The maximum atomic E-state index is 13.3. The number of carbonyl (C=O) groups is 1. The van der Waals surface area contributed by atoms with Crippen molar-refractivity contribution in [3.63, 3.8) is 0 Å².